The van der Waals surface area contributed by atoms with Gasteiger partial charge in [0.05, 0.1) is 11.5 Å². The molecule has 2 aromatic rings. The predicted molar refractivity (Wildman–Crippen MR) is 85.4 cm³/mol. The van der Waals surface area contributed by atoms with Crippen LogP contribution in [-0.4, -0.2) is 17.5 Å². The molecule has 23 heavy (non-hydrogen) atoms. The third-order valence-electron chi connectivity index (χ3n) is 2.87. The summed E-state index contributed by atoms with van der Waals surface area (Å²) in [6.07, 6.45) is 2.90. The summed E-state index contributed by atoms with van der Waals surface area (Å²) in [4.78, 5) is 21.7. The first-order chi connectivity index (χ1) is 11.1. The highest BCUT2D eigenvalue weighted by molar-refractivity contribution is 5.88. The van der Waals surface area contributed by atoms with E-state index < -0.39 is 10.9 Å². The van der Waals surface area contributed by atoms with Crippen LogP contribution in [0.3, 0.4) is 0 Å². The Kier molecular flexibility index (Phi) is 5.46. The molecule has 0 heterocycles. The van der Waals surface area contributed by atoms with Gasteiger partial charge in [0.15, 0.2) is 0 Å². The van der Waals surface area contributed by atoms with E-state index in [1.165, 1.54) is 30.3 Å². The third-order valence-corrected chi connectivity index (χ3v) is 2.87. The smallest absolute Gasteiger partial charge is 0.336 e. The zero-order valence-electron chi connectivity index (χ0n) is 12.5. The molecule has 0 aliphatic rings. The van der Waals surface area contributed by atoms with E-state index in [1.807, 2.05) is 31.2 Å². The highest BCUT2D eigenvalue weighted by Gasteiger charge is 2.06. The minimum absolute atomic E-state index is 0.0604. The normalized spacial score (nSPS) is 10.5. The van der Waals surface area contributed by atoms with E-state index in [2.05, 4.69) is 0 Å². The summed E-state index contributed by atoms with van der Waals surface area (Å²) in [7, 11) is 0. The van der Waals surface area contributed by atoms with Crippen molar-refractivity contribution < 1.29 is 19.2 Å². The number of non-ortho nitro benzene ring substituents is 1. The van der Waals surface area contributed by atoms with Gasteiger partial charge in [-0.3, -0.25) is 10.1 Å². The van der Waals surface area contributed by atoms with Crippen LogP contribution < -0.4 is 9.47 Å². The Labute approximate surface area is 133 Å². The summed E-state index contributed by atoms with van der Waals surface area (Å²) < 4.78 is 10.4. The van der Waals surface area contributed by atoms with Crippen LogP contribution in [0.15, 0.2) is 54.6 Å². The van der Waals surface area contributed by atoms with Crippen molar-refractivity contribution in [1.82, 2.24) is 0 Å². The molecule has 0 aliphatic heterocycles. The largest absolute Gasteiger partial charge is 0.494 e. The molecule has 0 bridgehead atoms. The van der Waals surface area contributed by atoms with Crippen molar-refractivity contribution in [3.63, 3.8) is 0 Å². The first-order valence-electron chi connectivity index (χ1n) is 6.95. The molecule has 0 aromatic heterocycles. The number of hydrogen-bond acceptors (Lipinski definition) is 5. The lowest BCUT2D eigenvalue weighted by Gasteiger charge is -2.02. The molecule has 0 amide bonds. The number of hydrogen-bond donors (Lipinski definition) is 0. The van der Waals surface area contributed by atoms with Crippen LogP contribution in [-0.2, 0) is 4.79 Å². The Balaban J connectivity index is 1.94. The summed E-state index contributed by atoms with van der Waals surface area (Å²) in [5, 5.41) is 10.5. The molecule has 0 fully saturated rings. The van der Waals surface area contributed by atoms with Gasteiger partial charge in [0.1, 0.15) is 11.5 Å². The van der Waals surface area contributed by atoms with Crippen molar-refractivity contribution in [1.29, 1.82) is 0 Å². The molecule has 0 unspecified atom stereocenters. The van der Waals surface area contributed by atoms with Gasteiger partial charge < -0.3 is 9.47 Å². The molecule has 0 radical (unpaired) electrons. The molecule has 0 N–H and O–H groups in total. The quantitative estimate of drug-likeness (QED) is 0.267. The molecule has 0 saturated carbocycles. The number of nitrogens with zero attached hydrogens (tertiary/aromatic N) is 1. The number of ether oxygens (including phenoxy) is 2. The minimum Gasteiger partial charge on any atom is -0.494 e. The van der Waals surface area contributed by atoms with Crippen LogP contribution in [0.25, 0.3) is 6.08 Å². The van der Waals surface area contributed by atoms with E-state index in [1.54, 1.807) is 6.08 Å². The van der Waals surface area contributed by atoms with Gasteiger partial charge >= 0.3 is 5.97 Å². The van der Waals surface area contributed by atoms with Gasteiger partial charge in [0, 0.05) is 18.2 Å². The molecular weight excluding hydrogens is 298 g/mol. The van der Waals surface area contributed by atoms with Gasteiger partial charge in [-0.05, 0) is 42.8 Å². The maximum atomic E-state index is 11.7. The molecule has 2 rings (SSSR count). The van der Waals surface area contributed by atoms with Crippen LogP contribution in [0, 0.1) is 10.1 Å². The second-order valence-corrected chi connectivity index (χ2v) is 4.51. The van der Waals surface area contributed by atoms with E-state index in [0.717, 1.165) is 11.3 Å². The lowest BCUT2D eigenvalue weighted by molar-refractivity contribution is -0.384. The van der Waals surface area contributed by atoms with E-state index in [9.17, 15) is 14.9 Å². The van der Waals surface area contributed by atoms with Gasteiger partial charge in [0.25, 0.3) is 5.69 Å². The van der Waals surface area contributed by atoms with Gasteiger partial charge in [-0.1, -0.05) is 12.1 Å². The van der Waals surface area contributed by atoms with Gasteiger partial charge in [0.2, 0.25) is 0 Å². The molecule has 118 valence electrons. The summed E-state index contributed by atoms with van der Waals surface area (Å²) in [5.41, 5.74) is 0.767. The summed E-state index contributed by atoms with van der Waals surface area (Å²) in [6, 6.07) is 12.6. The van der Waals surface area contributed by atoms with Crippen LogP contribution >= 0.6 is 0 Å². The number of nitro groups is 1. The summed E-state index contributed by atoms with van der Waals surface area (Å²) in [6.45, 7) is 2.50. The van der Waals surface area contributed by atoms with Crippen LogP contribution in [0.2, 0.25) is 0 Å². The Morgan fingerprint density at radius 2 is 1.70 bits per heavy atom. The average molecular weight is 313 g/mol. The van der Waals surface area contributed by atoms with Crippen molar-refractivity contribution in [2.75, 3.05) is 6.61 Å². The van der Waals surface area contributed by atoms with Crippen LogP contribution in [0.5, 0.6) is 11.5 Å². The Morgan fingerprint density at radius 1 is 1.09 bits per heavy atom. The van der Waals surface area contributed by atoms with E-state index in [0.29, 0.717) is 6.61 Å². The second-order valence-electron chi connectivity index (χ2n) is 4.51. The maximum Gasteiger partial charge on any atom is 0.336 e. The Morgan fingerprint density at radius 3 is 2.26 bits per heavy atom. The predicted octanol–water partition coefficient (Wildman–Crippen LogP) is 3.61. The summed E-state index contributed by atoms with van der Waals surface area (Å²) in [5.74, 6) is 0.447. The van der Waals surface area contributed by atoms with Crippen molar-refractivity contribution in [3.8, 4) is 11.5 Å². The SMILES string of the molecule is CCOc1ccc(/C=C/C(=O)Oc2ccc([N+](=O)[O-])cc2)cc1. The highest BCUT2D eigenvalue weighted by atomic mass is 16.6. The van der Waals surface area contributed by atoms with E-state index in [4.69, 9.17) is 9.47 Å². The van der Waals surface area contributed by atoms with Crippen LogP contribution in [0.4, 0.5) is 5.69 Å². The Hall–Kier alpha value is -3.15. The first-order valence-corrected chi connectivity index (χ1v) is 6.95. The van der Waals surface area contributed by atoms with Gasteiger partial charge in [-0.2, -0.15) is 0 Å². The zero-order valence-corrected chi connectivity index (χ0v) is 12.5. The summed E-state index contributed by atoms with van der Waals surface area (Å²) >= 11 is 0. The molecule has 0 atom stereocenters. The lowest BCUT2D eigenvalue weighted by Crippen LogP contribution is -2.03. The molecule has 0 saturated heterocycles. The molecule has 0 spiro atoms. The fraction of sp³-hybridized carbons (Fsp3) is 0.118. The fourth-order valence-corrected chi connectivity index (χ4v) is 1.79. The number of carbonyl (C=O) groups excluding carboxylic acids is 1. The molecular formula is C17H15NO5. The lowest BCUT2D eigenvalue weighted by atomic mass is 10.2. The van der Waals surface area contributed by atoms with Crippen molar-refractivity contribution in [2.24, 2.45) is 0 Å². The molecule has 0 aliphatic carbocycles. The minimum atomic E-state index is -0.562. The van der Waals surface area contributed by atoms with Crippen molar-refractivity contribution >= 4 is 17.7 Å². The van der Waals surface area contributed by atoms with E-state index >= 15 is 0 Å². The topological polar surface area (TPSA) is 78.7 Å². The zero-order chi connectivity index (χ0) is 16.7. The number of esters is 1. The molecule has 6 heteroatoms. The van der Waals surface area contributed by atoms with Crippen molar-refractivity contribution in [2.45, 2.75) is 6.92 Å². The average Bonchev–Trinajstić information content (AvgIpc) is 2.55. The number of nitro benzene ring substituents is 1. The van der Waals surface area contributed by atoms with E-state index in [-0.39, 0.29) is 11.4 Å². The van der Waals surface area contributed by atoms with Gasteiger partial charge in [-0.15, -0.1) is 0 Å². The highest BCUT2D eigenvalue weighted by Crippen LogP contribution is 2.18. The number of benzene rings is 2. The number of carbonyl (C=O) groups is 1. The monoisotopic (exact) mass is 313 g/mol. The molecule has 2 aromatic carbocycles. The van der Waals surface area contributed by atoms with Crippen molar-refractivity contribution in [3.05, 3.63) is 70.3 Å². The van der Waals surface area contributed by atoms with Crippen LogP contribution in [0.1, 0.15) is 12.5 Å². The maximum absolute atomic E-state index is 11.7. The second kappa shape index (κ2) is 7.74. The van der Waals surface area contributed by atoms with Gasteiger partial charge in [-0.25, -0.2) is 4.79 Å². The molecule has 6 nitrogen and oxygen atoms in total. The number of rotatable bonds is 6. The standard InChI is InChI=1S/C17H15NO5/c1-2-22-15-8-3-13(4-9-15)5-12-17(19)23-16-10-6-14(7-11-16)18(20)21/h3-12H,2H2,1H3/b12-5+. The third kappa shape index (κ3) is 4.96. The fourth-order valence-electron chi connectivity index (χ4n) is 1.79. The first kappa shape index (κ1) is 16.2. The Bertz CT molecular complexity index is 705.